The molecule has 1 aromatic carbocycles. The monoisotopic (exact) mass is 309 g/mol. The zero-order valence-corrected chi connectivity index (χ0v) is 12.7. The van der Waals surface area contributed by atoms with E-state index in [9.17, 15) is 4.79 Å². The minimum absolute atomic E-state index is 0.00944. The van der Waals surface area contributed by atoms with Crippen LogP contribution in [0.2, 0.25) is 0 Å². The Balaban J connectivity index is 2.08. The molecule has 1 unspecified atom stereocenters. The van der Waals surface area contributed by atoms with Gasteiger partial charge in [0.05, 0.1) is 6.33 Å². The molecule has 22 heavy (non-hydrogen) atoms. The van der Waals surface area contributed by atoms with Crippen LogP contribution in [-0.4, -0.2) is 19.7 Å². The van der Waals surface area contributed by atoms with E-state index in [4.69, 9.17) is 0 Å². The van der Waals surface area contributed by atoms with Gasteiger partial charge >= 0.3 is 0 Å². The number of pyridine rings is 1. The Morgan fingerprint density at radius 3 is 2.68 bits per heavy atom. The van der Waals surface area contributed by atoms with Crippen LogP contribution in [0.1, 0.15) is 27.4 Å². The number of nitrogens with zero attached hydrogens (tertiary/aromatic N) is 3. The van der Waals surface area contributed by atoms with Crippen molar-refractivity contribution in [3.05, 3.63) is 84.2 Å². The molecule has 0 amide bonds. The molecule has 2 heterocycles. The van der Waals surface area contributed by atoms with E-state index in [1.54, 1.807) is 18.7 Å². The van der Waals surface area contributed by atoms with E-state index in [1.165, 1.54) is 0 Å². The smallest absolute Gasteiger partial charge is 0.216 e. The lowest BCUT2D eigenvalue weighted by molar-refractivity contribution is 0.109. The van der Waals surface area contributed by atoms with Gasteiger partial charge in [-0.15, -0.1) is 12.6 Å². The maximum Gasteiger partial charge on any atom is 0.216 e. The standard InChI is InChI=1S/C17H15N3OS/c21-17(22)15-6-2-1-5-14(15)16(11-20-9-8-19-12-20)13-4-3-7-18-10-13/h1-10,12,16H,11H2,(H,21,22). The predicted octanol–water partition coefficient (Wildman–Crippen LogP) is 3.18. The second-order valence-electron chi connectivity index (χ2n) is 4.99. The second kappa shape index (κ2) is 6.58. The summed E-state index contributed by atoms with van der Waals surface area (Å²) in [6.07, 6.45) is 9.01. The molecule has 3 rings (SSSR count). The maximum atomic E-state index is 11.8. The highest BCUT2D eigenvalue weighted by atomic mass is 32.1. The molecule has 0 aliphatic rings. The molecular weight excluding hydrogens is 294 g/mol. The molecular formula is C17H15N3OS. The number of carbonyl (C=O) groups is 1. The Morgan fingerprint density at radius 2 is 2.00 bits per heavy atom. The van der Waals surface area contributed by atoms with Crippen molar-refractivity contribution in [2.45, 2.75) is 12.5 Å². The quantitative estimate of drug-likeness (QED) is 0.736. The van der Waals surface area contributed by atoms with Crippen LogP contribution in [0.4, 0.5) is 0 Å². The molecule has 0 aliphatic heterocycles. The number of hydrogen-bond donors (Lipinski definition) is 1. The SMILES string of the molecule is O=C(S)c1ccccc1C(Cn1ccnc1)c1cccnc1. The van der Waals surface area contributed by atoms with Gasteiger partial charge in [0.15, 0.2) is 0 Å². The van der Waals surface area contributed by atoms with Crippen molar-refractivity contribution in [1.29, 1.82) is 0 Å². The summed E-state index contributed by atoms with van der Waals surface area (Å²) in [6, 6.07) is 11.5. The number of thiol groups is 1. The highest BCUT2D eigenvalue weighted by Crippen LogP contribution is 2.29. The largest absolute Gasteiger partial charge is 0.337 e. The summed E-state index contributed by atoms with van der Waals surface area (Å²) in [5.74, 6) is 0.00944. The van der Waals surface area contributed by atoms with E-state index in [1.807, 2.05) is 53.4 Å². The van der Waals surface area contributed by atoms with Crippen molar-refractivity contribution < 1.29 is 4.79 Å². The van der Waals surface area contributed by atoms with E-state index in [0.717, 1.165) is 11.1 Å². The van der Waals surface area contributed by atoms with Gasteiger partial charge in [0.2, 0.25) is 5.12 Å². The van der Waals surface area contributed by atoms with Gasteiger partial charge in [-0.25, -0.2) is 4.98 Å². The Labute approximate surface area is 134 Å². The van der Waals surface area contributed by atoms with Crippen molar-refractivity contribution in [2.75, 3.05) is 0 Å². The van der Waals surface area contributed by atoms with Crippen molar-refractivity contribution in [3.8, 4) is 0 Å². The zero-order chi connectivity index (χ0) is 15.4. The van der Waals surface area contributed by atoms with Crippen LogP contribution in [-0.2, 0) is 6.54 Å². The summed E-state index contributed by atoms with van der Waals surface area (Å²) in [5.41, 5.74) is 2.63. The van der Waals surface area contributed by atoms with Crippen LogP contribution >= 0.6 is 12.6 Å². The molecule has 0 bridgehead atoms. The van der Waals surface area contributed by atoms with E-state index < -0.39 is 0 Å². The van der Waals surface area contributed by atoms with Crippen molar-refractivity contribution in [2.24, 2.45) is 0 Å². The van der Waals surface area contributed by atoms with Gasteiger partial charge in [0.25, 0.3) is 0 Å². The molecule has 1 atom stereocenters. The molecule has 0 fully saturated rings. The number of rotatable bonds is 5. The minimum Gasteiger partial charge on any atom is -0.337 e. The molecule has 5 heteroatoms. The lowest BCUT2D eigenvalue weighted by Gasteiger charge is -2.20. The fourth-order valence-corrected chi connectivity index (χ4v) is 2.77. The van der Waals surface area contributed by atoms with Crippen LogP contribution in [0.3, 0.4) is 0 Å². The first-order valence-corrected chi connectivity index (χ1v) is 7.38. The van der Waals surface area contributed by atoms with Gasteiger partial charge < -0.3 is 4.57 Å². The lowest BCUT2D eigenvalue weighted by Crippen LogP contribution is -2.13. The molecule has 0 aliphatic carbocycles. The van der Waals surface area contributed by atoms with E-state index >= 15 is 0 Å². The topological polar surface area (TPSA) is 47.8 Å². The fourth-order valence-electron chi connectivity index (χ4n) is 2.57. The molecule has 3 aromatic rings. The van der Waals surface area contributed by atoms with E-state index in [0.29, 0.717) is 12.1 Å². The van der Waals surface area contributed by atoms with E-state index in [-0.39, 0.29) is 11.0 Å². The third-order valence-corrected chi connectivity index (χ3v) is 3.85. The van der Waals surface area contributed by atoms with Gasteiger partial charge in [-0.3, -0.25) is 9.78 Å². The lowest BCUT2D eigenvalue weighted by atomic mass is 9.89. The van der Waals surface area contributed by atoms with Crippen molar-refractivity contribution in [1.82, 2.24) is 14.5 Å². The van der Waals surface area contributed by atoms with Gasteiger partial charge in [0, 0.05) is 42.8 Å². The highest BCUT2D eigenvalue weighted by molar-refractivity contribution is 7.97. The molecule has 0 saturated heterocycles. The number of benzene rings is 1. The number of hydrogen-bond acceptors (Lipinski definition) is 3. The van der Waals surface area contributed by atoms with Crippen LogP contribution in [0, 0.1) is 0 Å². The van der Waals surface area contributed by atoms with E-state index in [2.05, 4.69) is 22.6 Å². The van der Waals surface area contributed by atoms with Crippen molar-refractivity contribution >= 4 is 17.7 Å². The molecule has 0 spiro atoms. The minimum atomic E-state index is -0.227. The number of imidazole rings is 1. The summed E-state index contributed by atoms with van der Waals surface area (Å²) >= 11 is 4.00. The van der Waals surface area contributed by atoms with Crippen LogP contribution in [0.5, 0.6) is 0 Å². The van der Waals surface area contributed by atoms with Gasteiger partial charge in [-0.05, 0) is 17.2 Å². The third-order valence-electron chi connectivity index (χ3n) is 3.61. The molecule has 110 valence electrons. The third kappa shape index (κ3) is 3.09. The molecule has 0 saturated carbocycles. The molecule has 0 radical (unpaired) electrons. The van der Waals surface area contributed by atoms with Crippen molar-refractivity contribution in [3.63, 3.8) is 0 Å². The summed E-state index contributed by atoms with van der Waals surface area (Å²) in [4.78, 5) is 20.1. The number of carbonyl (C=O) groups excluding carboxylic acids is 1. The summed E-state index contributed by atoms with van der Waals surface area (Å²) < 4.78 is 2.00. The average Bonchev–Trinajstić information content (AvgIpc) is 3.06. The van der Waals surface area contributed by atoms with Gasteiger partial charge in [-0.1, -0.05) is 30.3 Å². The summed E-state index contributed by atoms with van der Waals surface area (Å²) in [6.45, 7) is 0.684. The second-order valence-corrected chi connectivity index (χ2v) is 5.40. The molecule has 0 N–H and O–H groups in total. The summed E-state index contributed by atoms with van der Waals surface area (Å²) in [7, 11) is 0. The van der Waals surface area contributed by atoms with Gasteiger partial charge in [0.1, 0.15) is 0 Å². The molecule has 2 aromatic heterocycles. The first-order chi connectivity index (χ1) is 10.8. The number of aromatic nitrogens is 3. The maximum absolute atomic E-state index is 11.8. The first-order valence-electron chi connectivity index (χ1n) is 6.93. The normalized spacial score (nSPS) is 12.0. The van der Waals surface area contributed by atoms with Gasteiger partial charge in [-0.2, -0.15) is 0 Å². The summed E-state index contributed by atoms with van der Waals surface area (Å²) in [5, 5.41) is -0.227. The van der Waals surface area contributed by atoms with Crippen LogP contribution in [0.25, 0.3) is 0 Å². The Hall–Kier alpha value is -2.40. The van der Waals surface area contributed by atoms with Crippen LogP contribution in [0.15, 0.2) is 67.5 Å². The molecule has 4 nitrogen and oxygen atoms in total. The zero-order valence-electron chi connectivity index (χ0n) is 11.8. The Morgan fingerprint density at radius 1 is 1.14 bits per heavy atom. The predicted molar refractivity (Wildman–Crippen MR) is 88.1 cm³/mol. The fraction of sp³-hybridized carbons (Fsp3) is 0.118. The van der Waals surface area contributed by atoms with Crippen LogP contribution < -0.4 is 0 Å². The average molecular weight is 309 g/mol. The Bertz CT molecular complexity index is 757. The Kier molecular flexibility index (Phi) is 4.34. The first kappa shape index (κ1) is 14.5. The highest BCUT2D eigenvalue weighted by Gasteiger charge is 2.20.